The van der Waals surface area contributed by atoms with Crippen molar-refractivity contribution in [1.82, 2.24) is 14.6 Å². The van der Waals surface area contributed by atoms with Crippen LogP contribution in [0.2, 0.25) is 0 Å². The summed E-state index contributed by atoms with van der Waals surface area (Å²) < 4.78 is 1.31. The summed E-state index contributed by atoms with van der Waals surface area (Å²) in [5, 5.41) is 3.94. The van der Waals surface area contributed by atoms with Crippen LogP contribution in [0.3, 0.4) is 0 Å². The molecule has 0 aliphatic carbocycles. The highest BCUT2D eigenvalue weighted by molar-refractivity contribution is 7.98. The van der Waals surface area contributed by atoms with Gasteiger partial charge in [0, 0.05) is 22.4 Å². The molecular formula is C13H12N4OS2. The van der Waals surface area contributed by atoms with Gasteiger partial charge in [0.25, 0.3) is 5.56 Å². The molecule has 3 rings (SSSR count). The summed E-state index contributed by atoms with van der Waals surface area (Å²) in [5.41, 5.74) is 9.95. The van der Waals surface area contributed by atoms with Gasteiger partial charge >= 0.3 is 0 Å². The van der Waals surface area contributed by atoms with E-state index in [9.17, 15) is 4.79 Å². The molecule has 5 nitrogen and oxygen atoms in total. The first-order valence-corrected chi connectivity index (χ1v) is 7.82. The third kappa shape index (κ3) is 2.41. The molecule has 0 fully saturated rings. The van der Waals surface area contributed by atoms with Crippen molar-refractivity contribution in [1.29, 1.82) is 0 Å². The number of hydrogen-bond acceptors (Lipinski definition) is 6. The van der Waals surface area contributed by atoms with Crippen LogP contribution in [0.25, 0.3) is 4.96 Å². The van der Waals surface area contributed by atoms with Crippen molar-refractivity contribution in [3.05, 3.63) is 51.4 Å². The Bertz CT molecular complexity index is 825. The summed E-state index contributed by atoms with van der Waals surface area (Å²) in [5.74, 6) is 0.633. The monoisotopic (exact) mass is 304 g/mol. The normalized spacial score (nSPS) is 11.1. The van der Waals surface area contributed by atoms with E-state index in [0.717, 1.165) is 21.8 Å². The molecule has 0 spiro atoms. The minimum Gasteiger partial charge on any atom is -0.398 e. The Morgan fingerprint density at radius 1 is 1.45 bits per heavy atom. The fourth-order valence-corrected chi connectivity index (χ4v) is 3.42. The van der Waals surface area contributed by atoms with Gasteiger partial charge in [0.1, 0.15) is 5.51 Å². The fraction of sp³-hybridized carbons (Fsp3) is 0.154. The van der Waals surface area contributed by atoms with Crippen LogP contribution >= 0.6 is 23.1 Å². The highest BCUT2D eigenvalue weighted by Gasteiger charge is 2.07. The zero-order chi connectivity index (χ0) is 14.1. The quantitative estimate of drug-likeness (QED) is 0.594. The SMILES string of the molecule is Cc1c(N)cccc1SCc1cc(=O)n2ncsc2n1. The maximum Gasteiger partial charge on any atom is 0.275 e. The van der Waals surface area contributed by atoms with E-state index in [1.54, 1.807) is 17.3 Å². The smallest absolute Gasteiger partial charge is 0.275 e. The Labute approximate surface area is 123 Å². The molecule has 2 aromatic heterocycles. The molecule has 0 radical (unpaired) electrons. The Kier molecular flexibility index (Phi) is 3.45. The van der Waals surface area contributed by atoms with Crippen molar-refractivity contribution in [2.75, 3.05) is 5.73 Å². The fourth-order valence-electron chi connectivity index (χ4n) is 1.81. The van der Waals surface area contributed by atoms with Crippen LogP contribution in [0.5, 0.6) is 0 Å². The van der Waals surface area contributed by atoms with Crippen LogP contribution in [0, 0.1) is 6.92 Å². The Morgan fingerprint density at radius 3 is 3.15 bits per heavy atom. The first-order valence-electron chi connectivity index (χ1n) is 5.95. The van der Waals surface area contributed by atoms with Gasteiger partial charge in [-0.05, 0) is 24.6 Å². The van der Waals surface area contributed by atoms with Crippen molar-refractivity contribution in [3.63, 3.8) is 0 Å². The average molecular weight is 304 g/mol. The second kappa shape index (κ2) is 5.26. The van der Waals surface area contributed by atoms with Gasteiger partial charge in [-0.25, -0.2) is 4.98 Å². The summed E-state index contributed by atoms with van der Waals surface area (Å²) >= 11 is 2.98. The largest absolute Gasteiger partial charge is 0.398 e. The average Bonchev–Trinajstić information content (AvgIpc) is 2.89. The molecule has 2 heterocycles. The van der Waals surface area contributed by atoms with E-state index in [4.69, 9.17) is 5.73 Å². The summed E-state index contributed by atoms with van der Waals surface area (Å²) in [6, 6.07) is 7.36. The summed E-state index contributed by atoms with van der Waals surface area (Å²) in [6.07, 6.45) is 0. The molecule has 3 aromatic rings. The maximum absolute atomic E-state index is 11.8. The first-order chi connectivity index (χ1) is 9.65. The van der Waals surface area contributed by atoms with Crippen molar-refractivity contribution in [2.45, 2.75) is 17.6 Å². The number of nitrogens with zero attached hydrogens (tertiary/aromatic N) is 3. The van der Waals surface area contributed by atoms with Crippen molar-refractivity contribution < 1.29 is 0 Å². The lowest BCUT2D eigenvalue weighted by Crippen LogP contribution is -2.14. The molecule has 0 unspecified atom stereocenters. The maximum atomic E-state index is 11.8. The van der Waals surface area contributed by atoms with Crippen molar-refractivity contribution >= 4 is 33.7 Å². The highest BCUT2D eigenvalue weighted by atomic mass is 32.2. The number of hydrogen-bond donors (Lipinski definition) is 1. The number of thioether (sulfide) groups is 1. The minimum atomic E-state index is -0.142. The van der Waals surface area contributed by atoms with Crippen LogP contribution in [-0.4, -0.2) is 14.6 Å². The molecule has 0 atom stereocenters. The van der Waals surface area contributed by atoms with E-state index in [1.165, 1.54) is 21.9 Å². The zero-order valence-corrected chi connectivity index (χ0v) is 12.4. The molecule has 0 aliphatic heterocycles. The number of benzene rings is 1. The number of nitrogens with two attached hydrogens (primary N) is 1. The predicted molar refractivity (Wildman–Crippen MR) is 82.3 cm³/mol. The molecule has 0 saturated carbocycles. The second-order valence-electron chi connectivity index (χ2n) is 4.28. The molecule has 0 bridgehead atoms. The molecule has 2 N–H and O–H groups in total. The van der Waals surface area contributed by atoms with Crippen molar-refractivity contribution in [2.24, 2.45) is 0 Å². The van der Waals surface area contributed by atoms with Gasteiger partial charge in [-0.2, -0.15) is 9.61 Å². The van der Waals surface area contributed by atoms with Crippen LogP contribution in [0.15, 0.2) is 39.5 Å². The number of anilines is 1. The molecule has 0 amide bonds. The zero-order valence-electron chi connectivity index (χ0n) is 10.7. The lowest BCUT2D eigenvalue weighted by molar-refractivity contribution is 0.888. The van der Waals surface area contributed by atoms with E-state index in [-0.39, 0.29) is 5.56 Å². The molecule has 7 heteroatoms. The minimum absolute atomic E-state index is 0.142. The van der Waals surface area contributed by atoms with Gasteiger partial charge in [-0.1, -0.05) is 17.4 Å². The van der Waals surface area contributed by atoms with E-state index < -0.39 is 0 Å². The van der Waals surface area contributed by atoms with E-state index in [2.05, 4.69) is 10.1 Å². The number of rotatable bonds is 3. The number of nitrogen functional groups attached to an aromatic ring is 1. The van der Waals surface area contributed by atoms with Gasteiger partial charge in [-0.3, -0.25) is 4.79 Å². The molecule has 102 valence electrons. The predicted octanol–water partition coefficient (Wildman–Crippen LogP) is 2.33. The van der Waals surface area contributed by atoms with E-state index >= 15 is 0 Å². The molecule has 20 heavy (non-hydrogen) atoms. The molecule has 0 aliphatic rings. The molecular weight excluding hydrogens is 292 g/mol. The summed E-state index contributed by atoms with van der Waals surface area (Å²) in [7, 11) is 0. The number of aromatic nitrogens is 3. The van der Waals surface area contributed by atoms with Crippen LogP contribution in [0.1, 0.15) is 11.3 Å². The summed E-state index contributed by atoms with van der Waals surface area (Å²) in [4.78, 5) is 18.0. The Hall–Kier alpha value is -1.86. The number of fused-ring (bicyclic) bond motifs is 1. The van der Waals surface area contributed by atoms with Crippen LogP contribution in [0.4, 0.5) is 5.69 Å². The summed E-state index contributed by atoms with van der Waals surface area (Å²) in [6.45, 7) is 1.99. The van der Waals surface area contributed by atoms with Crippen LogP contribution < -0.4 is 11.3 Å². The lowest BCUT2D eigenvalue weighted by Gasteiger charge is -2.07. The second-order valence-corrected chi connectivity index (χ2v) is 6.11. The molecule has 1 aromatic carbocycles. The third-order valence-corrected chi connectivity index (χ3v) is 4.81. The van der Waals surface area contributed by atoms with Gasteiger partial charge in [0.15, 0.2) is 0 Å². The topological polar surface area (TPSA) is 73.3 Å². The van der Waals surface area contributed by atoms with Gasteiger partial charge < -0.3 is 5.73 Å². The van der Waals surface area contributed by atoms with Gasteiger partial charge in [0.2, 0.25) is 4.96 Å². The van der Waals surface area contributed by atoms with Gasteiger partial charge in [0.05, 0.1) is 5.69 Å². The first kappa shape index (κ1) is 13.1. The van der Waals surface area contributed by atoms with E-state index in [0.29, 0.717) is 10.7 Å². The van der Waals surface area contributed by atoms with Crippen molar-refractivity contribution in [3.8, 4) is 0 Å². The standard InChI is InChI=1S/C13H12N4OS2/c1-8-10(14)3-2-4-11(8)19-6-9-5-12(18)17-13(16-9)20-7-15-17/h2-5,7H,6,14H2,1H3. The van der Waals surface area contributed by atoms with Gasteiger partial charge in [-0.15, -0.1) is 11.8 Å². The molecule has 0 saturated heterocycles. The van der Waals surface area contributed by atoms with E-state index in [1.807, 2.05) is 25.1 Å². The Balaban J connectivity index is 1.86. The highest BCUT2D eigenvalue weighted by Crippen LogP contribution is 2.28. The third-order valence-electron chi connectivity index (χ3n) is 2.94. The Morgan fingerprint density at radius 2 is 2.30 bits per heavy atom. The van der Waals surface area contributed by atoms with Crippen LogP contribution in [-0.2, 0) is 5.75 Å². The lowest BCUT2D eigenvalue weighted by atomic mass is 10.2.